The van der Waals surface area contributed by atoms with Crippen LogP contribution in [0.4, 0.5) is 0 Å². The number of likely N-dealkylation sites (tertiary alicyclic amines) is 1. The highest BCUT2D eigenvalue weighted by atomic mass is 35.5. The van der Waals surface area contributed by atoms with Crippen molar-refractivity contribution < 1.29 is 14.4 Å². The minimum atomic E-state index is -0.353. The van der Waals surface area contributed by atoms with Crippen LogP contribution in [0.2, 0.25) is 4.34 Å². The lowest BCUT2D eigenvalue weighted by Crippen LogP contribution is -2.44. The van der Waals surface area contributed by atoms with E-state index in [2.05, 4.69) is 4.98 Å². The summed E-state index contributed by atoms with van der Waals surface area (Å²) >= 11 is 7.48. The topological polar surface area (TPSA) is 72.3 Å². The largest absolute Gasteiger partial charge is 0.328 e. The van der Waals surface area contributed by atoms with E-state index in [0.29, 0.717) is 30.0 Å². The molecule has 160 valence electrons. The van der Waals surface area contributed by atoms with E-state index >= 15 is 0 Å². The number of nitrogens with zero attached hydrogens (tertiary/aromatic N) is 3. The highest BCUT2D eigenvalue weighted by Crippen LogP contribution is 2.48. The summed E-state index contributed by atoms with van der Waals surface area (Å²) in [5.41, 5.74) is 1.17. The molecule has 0 radical (unpaired) electrons. The highest BCUT2D eigenvalue weighted by molar-refractivity contribution is 7.16. The zero-order valence-corrected chi connectivity index (χ0v) is 18.7. The normalized spacial score (nSPS) is 22.0. The summed E-state index contributed by atoms with van der Waals surface area (Å²) in [7, 11) is 0. The zero-order valence-electron chi connectivity index (χ0n) is 17.1. The Morgan fingerprint density at radius 1 is 1.23 bits per heavy atom. The van der Waals surface area contributed by atoms with E-state index in [1.54, 1.807) is 27.9 Å². The summed E-state index contributed by atoms with van der Waals surface area (Å²) in [6.45, 7) is 1.59. The standard InChI is InChI=1S/C23H22ClN3O3S/c1-13(28)17-11-26(23-16(17)3-2-8-25-23)12-22(30)27-18-9-14(18)10-19(27)20(29)6-4-15-5-7-21(24)31-15/h2-3,5,7-8,11,14,18-19H,4,6,9-10,12H2,1H3/t14-,18-,19+/m1/s1. The molecule has 1 saturated heterocycles. The number of thiophene rings is 1. The minimum Gasteiger partial charge on any atom is -0.328 e. The Morgan fingerprint density at radius 2 is 2.06 bits per heavy atom. The predicted molar refractivity (Wildman–Crippen MR) is 120 cm³/mol. The number of rotatable bonds is 7. The summed E-state index contributed by atoms with van der Waals surface area (Å²) in [4.78, 5) is 45.5. The van der Waals surface area contributed by atoms with Gasteiger partial charge in [-0.05, 0) is 56.4 Å². The quantitative estimate of drug-likeness (QED) is 0.502. The number of Topliss-reactive ketones (excluding diaryl/α,β-unsaturated/α-hetero) is 2. The zero-order chi connectivity index (χ0) is 21.7. The molecule has 0 spiro atoms. The molecule has 1 saturated carbocycles. The van der Waals surface area contributed by atoms with Gasteiger partial charge < -0.3 is 9.47 Å². The van der Waals surface area contributed by atoms with Crippen LogP contribution in [0.3, 0.4) is 0 Å². The van der Waals surface area contributed by atoms with E-state index < -0.39 is 0 Å². The van der Waals surface area contributed by atoms with Gasteiger partial charge in [0.05, 0.1) is 10.4 Å². The van der Waals surface area contributed by atoms with Gasteiger partial charge in [-0.25, -0.2) is 4.98 Å². The number of aromatic nitrogens is 2. The lowest BCUT2D eigenvalue weighted by Gasteiger charge is -2.27. The molecule has 1 amide bonds. The molecule has 31 heavy (non-hydrogen) atoms. The second-order valence-corrected chi connectivity index (χ2v) is 10.2. The molecule has 3 atom stereocenters. The fraction of sp³-hybridized carbons (Fsp3) is 0.391. The molecular weight excluding hydrogens is 434 g/mol. The van der Waals surface area contributed by atoms with Crippen molar-refractivity contribution in [2.75, 3.05) is 0 Å². The van der Waals surface area contributed by atoms with E-state index in [9.17, 15) is 14.4 Å². The molecule has 0 N–H and O–H groups in total. The van der Waals surface area contributed by atoms with Gasteiger partial charge in [-0.15, -0.1) is 11.3 Å². The summed E-state index contributed by atoms with van der Waals surface area (Å²) in [5, 5.41) is 0.746. The van der Waals surface area contributed by atoms with Gasteiger partial charge in [0, 0.05) is 40.7 Å². The minimum absolute atomic E-state index is 0.0608. The van der Waals surface area contributed by atoms with Gasteiger partial charge in [0.25, 0.3) is 0 Å². The first-order valence-electron chi connectivity index (χ1n) is 10.4. The van der Waals surface area contributed by atoms with Crippen LogP contribution in [-0.2, 0) is 22.6 Å². The Hall–Kier alpha value is -2.51. The molecular formula is C23H22ClN3O3S. The van der Waals surface area contributed by atoms with Gasteiger partial charge in [0.15, 0.2) is 11.6 Å². The molecule has 2 fully saturated rings. The Kier molecular flexibility index (Phi) is 5.18. The highest BCUT2D eigenvalue weighted by Gasteiger charge is 2.55. The van der Waals surface area contributed by atoms with E-state index in [-0.39, 0.29) is 36.1 Å². The fourth-order valence-corrected chi connectivity index (χ4v) is 5.84. The van der Waals surface area contributed by atoms with Crippen molar-refractivity contribution in [3.05, 3.63) is 51.4 Å². The third-order valence-corrected chi connectivity index (χ3v) is 7.62. The molecule has 1 aliphatic heterocycles. The van der Waals surface area contributed by atoms with Crippen molar-refractivity contribution in [2.45, 2.75) is 51.2 Å². The number of carbonyl (C=O) groups is 3. The third kappa shape index (κ3) is 3.81. The van der Waals surface area contributed by atoms with Gasteiger partial charge in [0.2, 0.25) is 5.91 Å². The second-order valence-electron chi connectivity index (χ2n) is 8.39. The van der Waals surface area contributed by atoms with E-state index in [1.165, 1.54) is 18.3 Å². The number of amides is 1. The van der Waals surface area contributed by atoms with Crippen molar-refractivity contribution in [1.82, 2.24) is 14.5 Å². The molecule has 8 heteroatoms. The maximum Gasteiger partial charge on any atom is 0.243 e. The number of hydrogen-bond acceptors (Lipinski definition) is 5. The van der Waals surface area contributed by atoms with Crippen molar-refractivity contribution in [2.24, 2.45) is 5.92 Å². The molecule has 3 aromatic heterocycles. The summed E-state index contributed by atoms with van der Waals surface area (Å²) in [6.07, 6.45) is 6.15. The van der Waals surface area contributed by atoms with Crippen LogP contribution < -0.4 is 0 Å². The number of piperidine rings is 1. The second kappa shape index (κ2) is 7.88. The van der Waals surface area contributed by atoms with Crippen molar-refractivity contribution in [3.8, 4) is 0 Å². The number of hydrogen-bond donors (Lipinski definition) is 0. The molecule has 0 aromatic carbocycles. The maximum atomic E-state index is 13.3. The van der Waals surface area contributed by atoms with Gasteiger partial charge in [-0.3, -0.25) is 14.4 Å². The Balaban J connectivity index is 1.33. The molecule has 0 unspecified atom stereocenters. The molecule has 2 aliphatic rings. The van der Waals surface area contributed by atoms with Gasteiger partial charge in [-0.1, -0.05) is 11.6 Å². The third-order valence-electron chi connectivity index (χ3n) is 6.33. The van der Waals surface area contributed by atoms with E-state index in [0.717, 1.165) is 27.4 Å². The van der Waals surface area contributed by atoms with Gasteiger partial charge in [0.1, 0.15) is 12.2 Å². The number of ketones is 2. The van der Waals surface area contributed by atoms with Crippen LogP contribution in [0.15, 0.2) is 36.7 Å². The van der Waals surface area contributed by atoms with Crippen LogP contribution in [0.25, 0.3) is 11.0 Å². The number of halogens is 1. The van der Waals surface area contributed by atoms with E-state index in [4.69, 9.17) is 11.6 Å². The summed E-state index contributed by atoms with van der Waals surface area (Å²) in [6, 6.07) is 7.24. The predicted octanol–water partition coefficient (Wildman–Crippen LogP) is 4.15. The van der Waals surface area contributed by atoms with Crippen molar-refractivity contribution >= 4 is 51.4 Å². The number of fused-ring (bicyclic) bond motifs is 2. The molecule has 6 nitrogen and oxygen atoms in total. The van der Waals surface area contributed by atoms with Crippen LogP contribution in [0, 0.1) is 5.92 Å². The summed E-state index contributed by atoms with van der Waals surface area (Å²) in [5.74, 6) is 0.404. The van der Waals surface area contributed by atoms with E-state index in [1.807, 2.05) is 18.2 Å². The maximum absolute atomic E-state index is 13.3. The van der Waals surface area contributed by atoms with Crippen molar-refractivity contribution in [1.29, 1.82) is 0 Å². The van der Waals surface area contributed by atoms with Gasteiger partial charge in [-0.2, -0.15) is 0 Å². The van der Waals surface area contributed by atoms with Gasteiger partial charge >= 0.3 is 0 Å². The molecule has 3 aromatic rings. The van der Waals surface area contributed by atoms with Crippen LogP contribution in [0.5, 0.6) is 0 Å². The summed E-state index contributed by atoms with van der Waals surface area (Å²) < 4.78 is 2.46. The monoisotopic (exact) mass is 455 g/mol. The lowest BCUT2D eigenvalue weighted by molar-refractivity contribution is -0.139. The molecule has 5 rings (SSSR count). The fourth-order valence-electron chi connectivity index (χ4n) is 4.75. The average molecular weight is 456 g/mol. The molecule has 1 aliphatic carbocycles. The SMILES string of the molecule is CC(=O)c1cn(CC(=O)N2[C@@H]3C[C@@H]3C[C@H]2C(=O)CCc2ccc(Cl)s2)c2ncccc12. The van der Waals surface area contributed by atoms with Crippen molar-refractivity contribution in [3.63, 3.8) is 0 Å². The Labute approximate surface area is 188 Å². The smallest absolute Gasteiger partial charge is 0.243 e. The Morgan fingerprint density at radius 3 is 2.81 bits per heavy atom. The number of pyridine rings is 1. The Bertz CT molecular complexity index is 1200. The first-order valence-corrected chi connectivity index (χ1v) is 11.6. The average Bonchev–Trinajstić information content (AvgIpc) is 3.08. The molecule has 0 bridgehead atoms. The number of carbonyl (C=O) groups excluding carboxylic acids is 3. The van der Waals surface area contributed by atoms with Crippen LogP contribution in [0.1, 0.15) is 41.4 Å². The van der Waals surface area contributed by atoms with Crippen LogP contribution >= 0.6 is 22.9 Å². The first kappa shape index (κ1) is 20.4. The van der Waals surface area contributed by atoms with Crippen LogP contribution in [-0.4, -0.2) is 44.0 Å². The number of aryl methyl sites for hydroxylation is 1. The first-order chi connectivity index (χ1) is 14.9. The lowest BCUT2D eigenvalue weighted by atomic mass is 10.0. The molecule has 4 heterocycles.